The van der Waals surface area contributed by atoms with Crippen LogP contribution in [0, 0.1) is 0 Å². The molecule has 1 aliphatic rings. The number of carbonyl (C=O) groups excluding carboxylic acids is 2. The molecule has 0 aliphatic carbocycles. The second-order valence-electron chi connectivity index (χ2n) is 5.45. The molecule has 0 saturated carbocycles. The summed E-state index contributed by atoms with van der Waals surface area (Å²) in [5.41, 5.74) is 2.47. The Balaban J connectivity index is 1.88. The van der Waals surface area contributed by atoms with Crippen molar-refractivity contribution in [2.24, 2.45) is 0 Å². The van der Waals surface area contributed by atoms with E-state index >= 15 is 0 Å². The molecule has 0 aromatic heterocycles. The molecular formula is C20H18N2O3. The summed E-state index contributed by atoms with van der Waals surface area (Å²) in [5, 5.41) is 2.96. The Labute approximate surface area is 146 Å². The van der Waals surface area contributed by atoms with Crippen molar-refractivity contribution in [2.45, 2.75) is 6.17 Å². The molecule has 0 fully saturated rings. The predicted molar refractivity (Wildman–Crippen MR) is 96.8 cm³/mol. The number of ether oxygens (including phenoxy) is 1. The van der Waals surface area contributed by atoms with Crippen LogP contribution in [-0.2, 0) is 9.53 Å². The predicted octanol–water partition coefficient (Wildman–Crippen LogP) is 2.96. The monoisotopic (exact) mass is 334 g/mol. The van der Waals surface area contributed by atoms with Crippen LogP contribution >= 0.6 is 0 Å². The molecule has 25 heavy (non-hydrogen) atoms. The van der Waals surface area contributed by atoms with E-state index < -0.39 is 12.1 Å². The standard InChI is InChI=1S/C20H18N2O3/c1-25-19(23)13-14-22-17-10-6-5-7-15(17)11-12-18(22)21-20(24)16-8-3-2-4-9-16/h2-14,18H,1H3,(H,21,24)/b14-13+. The fourth-order valence-corrected chi connectivity index (χ4v) is 2.61. The molecule has 1 unspecified atom stereocenters. The zero-order chi connectivity index (χ0) is 17.6. The molecule has 0 bridgehead atoms. The van der Waals surface area contributed by atoms with Crippen molar-refractivity contribution >= 4 is 23.6 Å². The van der Waals surface area contributed by atoms with E-state index in [9.17, 15) is 9.59 Å². The fraction of sp³-hybridized carbons (Fsp3) is 0.100. The molecule has 0 saturated heterocycles. The van der Waals surface area contributed by atoms with Gasteiger partial charge in [0, 0.05) is 23.5 Å². The van der Waals surface area contributed by atoms with Gasteiger partial charge in [-0.1, -0.05) is 42.5 Å². The molecule has 2 aromatic carbocycles. The van der Waals surface area contributed by atoms with Crippen LogP contribution in [0.3, 0.4) is 0 Å². The molecule has 5 nitrogen and oxygen atoms in total. The highest BCUT2D eigenvalue weighted by Gasteiger charge is 2.22. The molecule has 1 N–H and O–H groups in total. The van der Waals surface area contributed by atoms with E-state index in [1.807, 2.05) is 59.5 Å². The van der Waals surface area contributed by atoms with Gasteiger partial charge in [0.1, 0.15) is 6.17 Å². The smallest absolute Gasteiger partial charge is 0.331 e. The van der Waals surface area contributed by atoms with Gasteiger partial charge in [0.15, 0.2) is 0 Å². The first-order valence-corrected chi connectivity index (χ1v) is 7.86. The average molecular weight is 334 g/mol. The van der Waals surface area contributed by atoms with Gasteiger partial charge in [-0.15, -0.1) is 0 Å². The van der Waals surface area contributed by atoms with Gasteiger partial charge in [-0.2, -0.15) is 0 Å². The first-order valence-electron chi connectivity index (χ1n) is 7.86. The second kappa shape index (κ2) is 7.49. The summed E-state index contributed by atoms with van der Waals surface area (Å²) in [4.78, 5) is 25.8. The van der Waals surface area contributed by atoms with E-state index in [0.29, 0.717) is 5.56 Å². The van der Waals surface area contributed by atoms with Gasteiger partial charge in [-0.05, 0) is 29.8 Å². The Morgan fingerprint density at radius 3 is 2.56 bits per heavy atom. The quantitative estimate of drug-likeness (QED) is 0.690. The molecule has 1 amide bonds. The highest BCUT2D eigenvalue weighted by Crippen LogP contribution is 2.28. The zero-order valence-corrected chi connectivity index (χ0v) is 13.8. The largest absolute Gasteiger partial charge is 0.466 e. The molecule has 5 heteroatoms. The van der Waals surface area contributed by atoms with Gasteiger partial charge in [0.05, 0.1) is 7.11 Å². The summed E-state index contributed by atoms with van der Waals surface area (Å²) >= 11 is 0. The summed E-state index contributed by atoms with van der Waals surface area (Å²) < 4.78 is 4.66. The lowest BCUT2D eigenvalue weighted by Gasteiger charge is -2.33. The number of amides is 1. The van der Waals surface area contributed by atoms with E-state index in [1.54, 1.807) is 18.3 Å². The molecule has 126 valence electrons. The van der Waals surface area contributed by atoms with Crippen molar-refractivity contribution in [1.29, 1.82) is 0 Å². The van der Waals surface area contributed by atoms with Crippen LogP contribution in [0.15, 0.2) is 72.9 Å². The van der Waals surface area contributed by atoms with Crippen molar-refractivity contribution in [3.05, 3.63) is 84.1 Å². The lowest BCUT2D eigenvalue weighted by Crippen LogP contribution is -2.46. The average Bonchev–Trinajstić information content (AvgIpc) is 2.67. The third kappa shape index (κ3) is 3.77. The number of hydrogen-bond donors (Lipinski definition) is 1. The fourth-order valence-electron chi connectivity index (χ4n) is 2.61. The number of fused-ring (bicyclic) bond motifs is 1. The maximum absolute atomic E-state index is 12.5. The van der Waals surface area contributed by atoms with E-state index in [4.69, 9.17) is 0 Å². The zero-order valence-electron chi connectivity index (χ0n) is 13.8. The summed E-state index contributed by atoms with van der Waals surface area (Å²) in [6.45, 7) is 0. The van der Waals surface area contributed by atoms with E-state index in [1.165, 1.54) is 13.2 Å². The first-order chi connectivity index (χ1) is 12.2. The van der Waals surface area contributed by atoms with Crippen molar-refractivity contribution in [3.63, 3.8) is 0 Å². The lowest BCUT2D eigenvalue weighted by atomic mass is 10.1. The Kier molecular flexibility index (Phi) is 4.95. The number of rotatable bonds is 4. The van der Waals surface area contributed by atoms with Gasteiger partial charge >= 0.3 is 5.97 Å². The van der Waals surface area contributed by atoms with E-state index in [-0.39, 0.29) is 5.91 Å². The molecule has 3 rings (SSSR count). The van der Waals surface area contributed by atoms with Crippen LogP contribution in [0.25, 0.3) is 6.08 Å². The topological polar surface area (TPSA) is 58.6 Å². The number of methoxy groups -OCH3 is 1. The maximum atomic E-state index is 12.5. The van der Waals surface area contributed by atoms with Crippen LogP contribution in [0.2, 0.25) is 0 Å². The summed E-state index contributed by atoms with van der Waals surface area (Å²) in [6.07, 6.45) is 6.36. The Hall–Kier alpha value is -3.34. The molecule has 1 heterocycles. The Morgan fingerprint density at radius 2 is 1.80 bits per heavy atom. The minimum absolute atomic E-state index is 0.189. The highest BCUT2D eigenvalue weighted by atomic mass is 16.5. The minimum Gasteiger partial charge on any atom is -0.466 e. The van der Waals surface area contributed by atoms with E-state index in [2.05, 4.69) is 10.1 Å². The molecule has 0 radical (unpaired) electrons. The molecule has 0 spiro atoms. The van der Waals surface area contributed by atoms with Crippen LogP contribution in [0.4, 0.5) is 5.69 Å². The number of para-hydroxylation sites is 1. The number of nitrogens with one attached hydrogen (secondary N) is 1. The van der Waals surface area contributed by atoms with Gasteiger partial charge in [0.2, 0.25) is 0 Å². The Bertz CT molecular complexity index is 828. The van der Waals surface area contributed by atoms with Gasteiger partial charge in [-0.25, -0.2) is 4.79 Å². The normalized spacial score (nSPS) is 15.7. The van der Waals surface area contributed by atoms with Crippen LogP contribution in [-0.4, -0.2) is 25.2 Å². The summed E-state index contributed by atoms with van der Waals surface area (Å²) in [5.74, 6) is -0.647. The molecule has 2 aromatic rings. The highest BCUT2D eigenvalue weighted by molar-refractivity contribution is 5.95. The van der Waals surface area contributed by atoms with Crippen molar-refractivity contribution < 1.29 is 14.3 Å². The van der Waals surface area contributed by atoms with Gasteiger partial charge in [-0.3, -0.25) is 4.79 Å². The first kappa shape index (κ1) is 16.5. The number of benzene rings is 2. The summed E-state index contributed by atoms with van der Waals surface area (Å²) in [7, 11) is 1.32. The number of esters is 1. The van der Waals surface area contributed by atoms with E-state index in [0.717, 1.165) is 11.3 Å². The van der Waals surface area contributed by atoms with Gasteiger partial charge < -0.3 is 15.0 Å². The SMILES string of the molecule is COC(=O)/C=C/N1c2ccccc2C=CC1NC(=O)c1ccccc1. The van der Waals surface area contributed by atoms with Crippen LogP contribution in [0.5, 0.6) is 0 Å². The third-order valence-corrected chi connectivity index (χ3v) is 3.86. The lowest BCUT2D eigenvalue weighted by molar-refractivity contribution is -0.134. The Morgan fingerprint density at radius 1 is 1.08 bits per heavy atom. The number of anilines is 1. The van der Waals surface area contributed by atoms with Crippen LogP contribution < -0.4 is 10.2 Å². The number of carbonyl (C=O) groups is 2. The molecule has 1 atom stereocenters. The maximum Gasteiger partial charge on any atom is 0.331 e. The molecular weight excluding hydrogens is 316 g/mol. The van der Waals surface area contributed by atoms with Crippen LogP contribution in [0.1, 0.15) is 15.9 Å². The number of hydrogen-bond acceptors (Lipinski definition) is 4. The van der Waals surface area contributed by atoms with Crippen molar-refractivity contribution in [3.8, 4) is 0 Å². The van der Waals surface area contributed by atoms with Crippen molar-refractivity contribution in [2.75, 3.05) is 12.0 Å². The second-order valence-corrected chi connectivity index (χ2v) is 5.45. The third-order valence-electron chi connectivity index (χ3n) is 3.86. The molecule has 1 aliphatic heterocycles. The summed E-state index contributed by atoms with van der Waals surface area (Å²) in [6, 6.07) is 16.8. The minimum atomic E-state index is -0.458. The van der Waals surface area contributed by atoms with Gasteiger partial charge in [0.25, 0.3) is 5.91 Å². The number of nitrogens with zero attached hydrogens (tertiary/aromatic N) is 1. The van der Waals surface area contributed by atoms with Crippen molar-refractivity contribution in [1.82, 2.24) is 5.32 Å².